The van der Waals surface area contributed by atoms with Gasteiger partial charge in [0.15, 0.2) is 0 Å². The second-order valence-corrected chi connectivity index (χ2v) is 6.93. The fourth-order valence-electron chi connectivity index (χ4n) is 3.45. The van der Waals surface area contributed by atoms with E-state index in [0.29, 0.717) is 26.1 Å². The minimum atomic E-state index is 0.0323. The van der Waals surface area contributed by atoms with E-state index in [0.717, 1.165) is 44.5 Å². The highest BCUT2D eigenvalue weighted by molar-refractivity contribution is 5.94. The van der Waals surface area contributed by atoms with E-state index in [2.05, 4.69) is 5.32 Å². The topological polar surface area (TPSA) is 67.9 Å². The van der Waals surface area contributed by atoms with Gasteiger partial charge in [0.05, 0.1) is 12.7 Å². The molecule has 26 heavy (non-hydrogen) atoms. The molecule has 1 aromatic rings. The average Bonchev–Trinajstić information content (AvgIpc) is 2.69. The third-order valence-corrected chi connectivity index (χ3v) is 5.02. The van der Waals surface area contributed by atoms with Gasteiger partial charge in [-0.3, -0.25) is 9.59 Å². The molecule has 1 aromatic carbocycles. The van der Waals surface area contributed by atoms with E-state index in [1.165, 1.54) is 0 Å². The van der Waals surface area contributed by atoms with Crippen LogP contribution in [0.2, 0.25) is 0 Å². The Hall–Kier alpha value is -1.92. The summed E-state index contributed by atoms with van der Waals surface area (Å²) in [7, 11) is 0. The van der Waals surface area contributed by atoms with Gasteiger partial charge in [-0.2, -0.15) is 0 Å². The van der Waals surface area contributed by atoms with E-state index in [1.54, 1.807) is 0 Å². The van der Waals surface area contributed by atoms with Crippen molar-refractivity contribution in [2.24, 2.45) is 0 Å². The molecule has 1 N–H and O–H groups in total. The van der Waals surface area contributed by atoms with Crippen LogP contribution in [-0.4, -0.2) is 61.8 Å². The molecule has 0 saturated carbocycles. The molecule has 2 aliphatic heterocycles. The van der Waals surface area contributed by atoms with Gasteiger partial charge in [0.1, 0.15) is 0 Å². The van der Waals surface area contributed by atoms with Crippen LogP contribution in [0, 0.1) is 0 Å². The smallest absolute Gasteiger partial charge is 0.253 e. The zero-order chi connectivity index (χ0) is 18.2. The van der Waals surface area contributed by atoms with Gasteiger partial charge in [0, 0.05) is 44.3 Å². The van der Waals surface area contributed by atoms with Crippen molar-refractivity contribution in [3.8, 4) is 0 Å². The molecule has 0 unspecified atom stereocenters. The first kappa shape index (κ1) is 18.9. The van der Waals surface area contributed by atoms with Crippen LogP contribution in [-0.2, 0) is 14.3 Å². The molecule has 6 nitrogen and oxygen atoms in total. The van der Waals surface area contributed by atoms with Crippen molar-refractivity contribution < 1.29 is 19.1 Å². The summed E-state index contributed by atoms with van der Waals surface area (Å²) < 4.78 is 11.0. The highest BCUT2D eigenvalue weighted by atomic mass is 16.5. The zero-order valence-electron chi connectivity index (χ0n) is 15.2. The number of piperidine rings is 1. The van der Waals surface area contributed by atoms with Crippen LogP contribution in [0.3, 0.4) is 0 Å². The molecule has 0 bridgehead atoms. The number of rotatable bonds is 6. The number of nitrogens with one attached hydrogen (secondary N) is 1. The van der Waals surface area contributed by atoms with Crippen LogP contribution in [0.25, 0.3) is 0 Å². The predicted octanol–water partition coefficient (Wildman–Crippen LogP) is 1.99. The minimum absolute atomic E-state index is 0.0323. The summed E-state index contributed by atoms with van der Waals surface area (Å²) in [6.07, 6.45) is 4.03. The number of nitrogens with zero attached hydrogens (tertiary/aromatic N) is 1. The molecule has 2 fully saturated rings. The molecule has 6 heteroatoms. The van der Waals surface area contributed by atoms with E-state index in [1.807, 2.05) is 35.2 Å². The number of carbonyl (C=O) groups is 2. The molecule has 3 rings (SSSR count). The summed E-state index contributed by atoms with van der Waals surface area (Å²) >= 11 is 0. The summed E-state index contributed by atoms with van der Waals surface area (Å²) in [5.41, 5.74) is 0.722. The lowest BCUT2D eigenvalue weighted by Crippen LogP contribution is -2.46. The minimum Gasteiger partial charge on any atom is -0.381 e. The van der Waals surface area contributed by atoms with Crippen LogP contribution in [0.15, 0.2) is 30.3 Å². The second-order valence-electron chi connectivity index (χ2n) is 6.93. The van der Waals surface area contributed by atoms with Gasteiger partial charge in [0.25, 0.3) is 5.91 Å². The summed E-state index contributed by atoms with van der Waals surface area (Å²) in [5.74, 6) is 0.102. The lowest BCUT2D eigenvalue weighted by atomic mass is 10.0. The Labute approximate surface area is 154 Å². The molecule has 0 aliphatic carbocycles. The van der Waals surface area contributed by atoms with Gasteiger partial charge in [-0.25, -0.2) is 0 Å². The standard InChI is InChI=1S/C20H28N2O4/c23-19(10-15-26-18-8-13-25-14-9-18)21-17-6-11-22(12-7-17)20(24)16-4-2-1-3-5-16/h1-5,17-18H,6-15H2,(H,21,23). The van der Waals surface area contributed by atoms with Crippen LogP contribution in [0.4, 0.5) is 0 Å². The molecule has 2 heterocycles. The van der Waals surface area contributed by atoms with Crippen molar-refractivity contribution in [2.45, 2.75) is 44.2 Å². The van der Waals surface area contributed by atoms with Gasteiger partial charge in [-0.05, 0) is 37.8 Å². The van der Waals surface area contributed by atoms with Gasteiger partial charge in [-0.15, -0.1) is 0 Å². The maximum atomic E-state index is 12.4. The largest absolute Gasteiger partial charge is 0.381 e. The number of amides is 2. The van der Waals surface area contributed by atoms with Crippen molar-refractivity contribution in [2.75, 3.05) is 32.9 Å². The fraction of sp³-hybridized carbons (Fsp3) is 0.600. The number of ether oxygens (including phenoxy) is 2. The Kier molecular flexibility index (Phi) is 7.03. The maximum Gasteiger partial charge on any atom is 0.253 e. The van der Waals surface area contributed by atoms with Gasteiger partial charge >= 0.3 is 0 Å². The Bertz CT molecular complexity index is 579. The third kappa shape index (κ3) is 5.54. The summed E-state index contributed by atoms with van der Waals surface area (Å²) in [5, 5.41) is 3.07. The number of benzene rings is 1. The third-order valence-electron chi connectivity index (χ3n) is 5.02. The van der Waals surface area contributed by atoms with Crippen LogP contribution in [0.1, 0.15) is 42.5 Å². The van der Waals surface area contributed by atoms with Crippen molar-refractivity contribution in [1.29, 1.82) is 0 Å². The molecule has 2 amide bonds. The average molecular weight is 360 g/mol. The van der Waals surface area contributed by atoms with E-state index in [9.17, 15) is 9.59 Å². The molecule has 2 aliphatic rings. The van der Waals surface area contributed by atoms with E-state index in [-0.39, 0.29) is 24.0 Å². The Balaban J connectivity index is 1.33. The van der Waals surface area contributed by atoms with Crippen molar-refractivity contribution in [1.82, 2.24) is 10.2 Å². The normalized spacial score (nSPS) is 19.3. The first-order valence-corrected chi connectivity index (χ1v) is 9.55. The molecule has 0 radical (unpaired) electrons. The molecular formula is C20H28N2O4. The van der Waals surface area contributed by atoms with Crippen LogP contribution < -0.4 is 5.32 Å². The van der Waals surface area contributed by atoms with Crippen molar-refractivity contribution >= 4 is 11.8 Å². The zero-order valence-corrected chi connectivity index (χ0v) is 15.2. The number of likely N-dealkylation sites (tertiary alicyclic amines) is 1. The summed E-state index contributed by atoms with van der Waals surface area (Å²) in [6, 6.07) is 9.49. The highest BCUT2D eigenvalue weighted by Crippen LogP contribution is 2.14. The summed E-state index contributed by atoms with van der Waals surface area (Å²) in [6.45, 7) is 3.31. The second kappa shape index (κ2) is 9.69. The quantitative estimate of drug-likeness (QED) is 0.842. The molecular weight excluding hydrogens is 332 g/mol. The van der Waals surface area contributed by atoms with Crippen molar-refractivity contribution in [3.63, 3.8) is 0 Å². The molecule has 142 valence electrons. The Morgan fingerprint density at radius 1 is 1.08 bits per heavy atom. The van der Waals surface area contributed by atoms with Gasteiger partial charge in [-0.1, -0.05) is 18.2 Å². The first-order valence-electron chi connectivity index (χ1n) is 9.55. The Morgan fingerprint density at radius 3 is 2.46 bits per heavy atom. The molecule has 0 spiro atoms. The first-order chi connectivity index (χ1) is 12.7. The molecule has 0 aromatic heterocycles. The SMILES string of the molecule is O=C(CCOC1CCOCC1)NC1CCN(C(=O)c2ccccc2)CC1. The lowest BCUT2D eigenvalue weighted by Gasteiger charge is -2.32. The van der Waals surface area contributed by atoms with Gasteiger partial charge in [0.2, 0.25) is 5.91 Å². The van der Waals surface area contributed by atoms with Crippen molar-refractivity contribution in [3.05, 3.63) is 35.9 Å². The highest BCUT2D eigenvalue weighted by Gasteiger charge is 2.24. The van der Waals surface area contributed by atoms with E-state index < -0.39 is 0 Å². The van der Waals surface area contributed by atoms with Crippen LogP contribution in [0.5, 0.6) is 0 Å². The number of hydrogen-bond donors (Lipinski definition) is 1. The number of hydrogen-bond acceptors (Lipinski definition) is 4. The monoisotopic (exact) mass is 360 g/mol. The predicted molar refractivity (Wildman–Crippen MR) is 97.9 cm³/mol. The van der Waals surface area contributed by atoms with Gasteiger partial charge < -0.3 is 19.7 Å². The fourth-order valence-corrected chi connectivity index (χ4v) is 3.45. The Morgan fingerprint density at radius 2 is 1.77 bits per heavy atom. The summed E-state index contributed by atoms with van der Waals surface area (Å²) in [4.78, 5) is 26.4. The maximum absolute atomic E-state index is 12.4. The molecule has 2 saturated heterocycles. The molecule has 0 atom stereocenters. The van der Waals surface area contributed by atoms with Crippen LogP contribution >= 0.6 is 0 Å². The van der Waals surface area contributed by atoms with E-state index in [4.69, 9.17) is 9.47 Å². The lowest BCUT2D eigenvalue weighted by molar-refractivity contribution is -0.124. The number of carbonyl (C=O) groups excluding carboxylic acids is 2. The van der Waals surface area contributed by atoms with E-state index >= 15 is 0 Å².